The van der Waals surface area contributed by atoms with E-state index in [2.05, 4.69) is 17.3 Å². The van der Waals surface area contributed by atoms with Gasteiger partial charge in [0, 0.05) is 7.05 Å². The summed E-state index contributed by atoms with van der Waals surface area (Å²) in [5, 5.41) is 14.6. The summed E-state index contributed by atoms with van der Waals surface area (Å²) < 4.78 is 6.35. The number of hydrogen-bond acceptors (Lipinski definition) is 5. The lowest BCUT2D eigenvalue weighted by molar-refractivity contribution is -0.385. The van der Waals surface area contributed by atoms with Crippen molar-refractivity contribution >= 4 is 11.7 Å². The number of carbonyl (C=O) groups excluding carboxylic acids is 1. The Balaban J connectivity index is 1.99. The second-order valence-corrected chi connectivity index (χ2v) is 4.54. The zero-order valence-corrected chi connectivity index (χ0v) is 10.6. The van der Waals surface area contributed by atoms with Crippen LogP contribution in [-0.2, 0) is 11.8 Å². The third kappa shape index (κ3) is 3.18. The van der Waals surface area contributed by atoms with E-state index in [1.807, 2.05) is 0 Å². The van der Waals surface area contributed by atoms with Crippen LogP contribution in [0.1, 0.15) is 29.8 Å². The molecule has 7 heteroatoms. The van der Waals surface area contributed by atoms with Gasteiger partial charge in [-0.3, -0.25) is 14.8 Å². The lowest BCUT2D eigenvalue weighted by Crippen LogP contribution is -2.16. The number of ether oxygens (including phenoxy) is 1. The van der Waals surface area contributed by atoms with Gasteiger partial charge in [-0.05, 0) is 25.2 Å². The Morgan fingerprint density at radius 1 is 1.63 bits per heavy atom. The molecule has 0 fully saturated rings. The Morgan fingerprint density at radius 3 is 3.05 bits per heavy atom. The fourth-order valence-electron chi connectivity index (χ4n) is 2.02. The lowest BCUT2D eigenvalue weighted by Gasteiger charge is -2.16. The van der Waals surface area contributed by atoms with Gasteiger partial charge in [0.2, 0.25) is 5.69 Å². The van der Waals surface area contributed by atoms with Crippen molar-refractivity contribution in [3.8, 4) is 0 Å². The molecular formula is C12H15N3O4. The van der Waals surface area contributed by atoms with Gasteiger partial charge in [-0.15, -0.1) is 0 Å². The summed E-state index contributed by atoms with van der Waals surface area (Å²) in [6, 6.07) is 0. The first-order valence-corrected chi connectivity index (χ1v) is 6.08. The standard InChI is InChI=1S/C12H15N3O4/c1-14-7-10(15(17)18)11(13-14)12(16)19-8-9-5-3-2-4-6-9/h2-3,7,9H,4-6,8H2,1H3. The highest BCUT2D eigenvalue weighted by Crippen LogP contribution is 2.20. The normalized spacial score (nSPS) is 18.3. The number of allylic oxidation sites excluding steroid dienone is 2. The molecule has 2 rings (SSSR count). The molecule has 1 aromatic heterocycles. The summed E-state index contributed by atoms with van der Waals surface area (Å²) in [7, 11) is 1.52. The number of nitrogens with zero attached hydrogens (tertiary/aromatic N) is 3. The molecule has 7 nitrogen and oxygen atoms in total. The summed E-state index contributed by atoms with van der Waals surface area (Å²) in [5.74, 6) is -0.446. The summed E-state index contributed by atoms with van der Waals surface area (Å²) in [6.45, 7) is 0.275. The molecule has 0 amide bonds. The lowest BCUT2D eigenvalue weighted by atomic mass is 9.95. The number of carbonyl (C=O) groups is 1. The van der Waals surface area contributed by atoms with Crippen LogP contribution in [0.3, 0.4) is 0 Å². The van der Waals surface area contributed by atoms with Crippen LogP contribution in [0.5, 0.6) is 0 Å². The monoisotopic (exact) mass is 265 g/mol. The van der Waals surface area contributed by atoms with Crippen LogP contribution in [0.15, 0.2) is 18.3 Å². The van der Waals surface area contributed by atoms with E-state index in [4.69, 9.17) is 4.74 Å². The van der Waals surface area contributed by atoms with Crippen LogP contribution >= 0.6 is 0 Å². The van der Waals surface area contributed by atoms with E-state index in [0.29, 0.717) is 0 Å². The molecule has 0 N–H and O–H groups in total. The Hall–Kier alpha value is -2.18. The molecule has 1 aliphatic carbocycles. The van der Waals surface area contributed by atoms with Crippen LogP contribution in [-0.4, -0.2) is 27.3 Å². The van der Waals surface area contributed by atoms with Crippen molar-refractivity contribution in [2.45, 2.75) is 19.3 Å². The maximum absolute atomic E-state index is 11.8. The minimum Gasteiger partial charge on any atom is -0.460 e. The van der Waals surface area contributed by atoms with Crippen molar-refractivity contribution in [1.82, 2.24) is 9.78 Å². The van der Waals surface area contributed by atoms with Gasteiger partial charge >= 0.3 is 11.7 Å². The van der Waals surface area contributed by atoms with Crippen molar-refractivity contribution in [3.05, 3.63) is 34.2 Å². The summed E-state index contributed by atoms with van der Waals surface area (Å²) in [6.07, 6.45) is 8.17. The smallest absolute Gasteiger partial charge is 0.366 e. The van der Waals surface area contributed by atoms with E-state index < -0.39 is 10.9 Å². The Morgan fingerprint density at radius 2 is 2.42 bits per heavy atom. The fraction of sp³-hybridized carbons (Fsp3) is 0.500. The summed E-state index contributed by atoms with van der Waals surface area (Å²) in [4.78, 5) is 22.0. The van der Waals surface area contributed by atoms with Crippen molar-refractivity contribution in [3.63, 3.8) is 0 Å². The first kappa shape index (κ1) is 13.3. The largest absolute Gasteiger partial charge is 0.460 e. The van der Waals surface area contributed by atoms with Crippen molar-refractivity contribution in [1.29, 1.82) is 0 Å². The van der Waals surface area contributed by atoms with Gasteiger partial charge in [0.1, 0.15) is 6.20 Å². The number of aryl methyl sites for hydroxylation is 1. The predicted molar refractivity (Wildman–Crippen MR) is 66.6 cm³/mol. The molecule has 0 saturated carbocycles. The molecule has 1 heterocycles. The molecule has 0 saturated heterocycles. The number of aromatic nitrogens is 2. The Labute approximate surface area is 110 Å². The van der Waals surface area contributed by atoms with Crippen LogP contribution in [0.25, 0.3) is 0 Å². The highest BCUT2D eigenvalue weighted by atomic mass is 16.6. The minimum atomic E-state index is -0.734. The number of hydrogen-bond donors (Lipinski definition) is 0. The number of rotatable bonds is 4. The molecule has 1 aromatic rings. The van der Waals surface area contributed by atoms with Gasteiger partial charge < -0.3 is 4.74 Å². The quantitative estimate of drug-likeness (QED) is 0.359. The van der Waals surface area contributed by atoms with E-state index in [0.717, 1.165) is 19.3 Å². The minimum absolute atomic E-state index is 0.237. The SMILES string of the molecule is Cn1cc([N+](=O)[O-])c(C(=O)OCC2CC=CCC2)n1. The maximum atomic E-state index is 11.8. The van der Waals surface area contributed by atoms with Crippen LogP contribution in [0.4, 0.5) is 5.69 Å². The number of nitro groups is 1. The van der Waals surface area contributed by atoms with Gasteiger partial charge in [-0.1, -0.05) is 12.2 Å². The third-order valence-corrected chi connectivity index (χ3v) is 3.03. The van der Waals surface area contributed by atoms with Crippen LogP contribution in [0.2, 0.25) is 0 Å². The zero-order chi connectivity index (χ0) is 13.8. The highest BCUT2D eigenvalue weighted by molar-refractivity contribution is 5.91. The van der Waals surface area contributed by atoms with E-state index in [1.165, 1.54) is 17.9 Å². The molecule has 0 aliphatic heterocycles. The molecule has 0 spiro atoms. The predicted octanol–water partition coefficient (Wildman–Crippen LogP) is 1.84. The molecule has 102 valence electrons. The summed E-state index contributed by atoms with van der Waals surface area (Å²) in [5.41, 5.74) is -0.560. The van der Waals surface area contributed by atoms with Gasteiger partial charge in [-0.25, -0.2) is 4.79 Å². The van der Waals surface area contributed by atoms with E-state index >= 15 is 0 Å². The van der Waals surface area contributed by atoms with Crippen molar-refractivity contribution in [2.24, 2.45) is 13.0 Å². The first-order chi connectivity index (χ1) is 9.08. The molecule has 1 unspecified atom stereocenters. The molecule has 1 aliphatic rings. The van der Waals surface area contributed by atoms with Crippen LogP contribution in [0, 0.1) is 16.0 Å². The molecule has 19 heavy (non-hydrogen) atoms. The van der Waals surface area contributed by atoms with Crippen molar-refractivity contribution < 1.29 is 14.5 Å². The molecule has 1 atom stereocenters. The first-order valence-electron chi connectivity index (χ1n) is 6.08. The molecule has 0 bridgehead atoms. The number of esters is 1. The molecular weight excluding hydrogens is 250 g/mol. The average molecular weight is 265 g/mol. The van der Waals surface area contributed by atoms with E-state index in [9.17, 15) is 14.9 Å². The van der Waals surface area contributed by atoms with Gasteiger partial charge in [0.15, 0.2) is 0 Å². The topological polar surface area (TPSA) is 87.3 Å². The van der Waals surface area contributed by atoms with E-state index in [-0.39, 0.29) is 23.9 Å². The third-order valence-electron chi connectivity index (χ3n) is 3.03. The van der Waals surface area contributed by atoms with E-state index in [1.54, 1.807) is 0 Å². The average Bonchev–Trinajstić information content (AvgIpc) is 2.79. The van der Waals surface area contributed by atoms with Gasteiger partial charge in [0.25, 0.3) is 0 Å². The highest BCUT2D eigenvalue weighted by Gasteiger charge is 2.26. The maximum Gasteiger partial charge on any atom is 0.366 e. The van der Waals surface area contributed by atoms with Crippen molar-refractivity contribution in [2.75, 3.05) is 6.61 Å². The zero-order valence-electron chi connectivity index (χ0n) is 10.6. The van der Waals surface area contributed by atoms with Gasteiger partial charge in [-0.2, -0.15) is 5.10 Å². The molecule has 0 aromatic carbocycles. The second-order valence-electron chi connectivity index (χ2n) is 4.54. The fourth-order valence-corrected chi connectivity index (χ4v) is 2.02. The second kappa shape index (κ2) is 5.64. The summed E-state index contributed by atoms with van der Waals surface area (Å²) >= 11 is 0. The van der Waals surface area contributed by atoms with Crippen LogP contribution < -0.4 is 0 Å². The Bertz CT molecular complexity index is 521. The van der Waals surface area contributed by atoms with Gasteiger partial charge in [0.05, 0.1) is 11.5 Å². The molecule has 0 radical (unpaired) electrons. The Kier molecular flexibility index (Phi) is 3.94.